The van der Waals surface area contributed by atoms with Crippen molar-refractivity contribution < 1.29 is 32.3 Å². The minimum absolute atomic E-state index is 0.0312. The van der Waals surface area contributed by atoms with Crippen LogP contribution in [0.15, 0.2) is 46.1 Å². The Morgan fingerprint density at radius 2 is 1.94 bits per heavy atom. The molecule has 0 saturated carbocycles. The van der Waals surface area contributed by atoms with Crippen molar-refractivity contribution in [1.29, 1.82) is 0 Å². The van der Waals surface area contributed by atoms with Gasteiger partial charge in [0.05, 0.1) is 33.0 Å². The monoisotopic (exact) mass is 494 g/mol. The van der Waals surface area contributed by atoms with Gasteiger partial charge in [-0.3, -0.25) is 27.5 Å². The van der Waals surface area contributed by atoms with Gasteiger partial charge in [-0.2, -0.15) is 0 Å². The third-order valence-corrected chi connectivity index (χ3v) is 7.86. The first-order valence-electron chi connectivity index (χ1n) is 11.1. The second-order valence-electron chi connectivity index (χ2n) is 8.78. The van der Waals surface area contributed by atoms with Crippen molar-refractivity contribution in [1.82, 2.24) is 9.13 Å². The Bertz CT molecular complexity index is 1220. The van der Waals surface area contributed by atoms with E-state index in [-0.39, 0.29) is 19.3 Å². The number of hydrogen-bond donors (Lipinski definition) is 0. The van der Waals surface area contributed by atoms with Crippen LogP contribution in [0.25, 0.3) is 0 Å². The molecule has 0 radical (unpaired) electrons. The number of methoxy groups -OCH3 is 1. The minimum atomic E-state index is -3.81. The topological polar surface area (TPSA) is 116 Å². The van der Waals surface area contributed by atoms with Crippen LogP contribution in [0, 0.1) is 0 Å². The SMILES string of the molecule is COc1ccc(Cn2c(=O)ccn([C@H]3O[C@@H]4CO[P@](=O)(OC(C)C)O[C@H]4[C@]34CCO4)c2=O)cc1. The first-order chi connectivity index (χ1) is 16.2. The van der Waals surface area contributed by atoms with Gasteiger partial charge in [0.1, 0.15) is 23.6 Å². The lowest BCUT2D eigenvalue weighted by Gasteiger charge is -2.46. The van der Waals surface area contributed by atoms with Crippen molar-refractivity contribution in [2.24, 2.45) is 0 Å². The van der Waals surface area contributed by atoms with Crippen LogP contribution in [-0.2, 0) is 34.2 Å². The fraction of sp³-hybridized carbons (Fsp3) is 0.545. The van der Waals surface area contributed by atoms with Gasteiger partial charge in [0.15, 0.2) is 6.23 Å². The molecule has 0 amide bonds. The van der Waals surface area contributed by atoms with E-state index in [1.807, 2.05) is 0 Å². The summed E-state index contributed by atoms with van der Waals surface area (Å²) >= 11 is 0. The smallest absolute Gasteiger partial charge is 0.475 e. The highest BCUT2D eigenvalue weighted by atomic mass is 31.2. The van der Waals surface area contributed by atoms with Crippen LogP contribution in [0.4, 0.5) is 0 Å². The van der Waals surface area contributed by atoms with Gasteiger partial charge in [0, 0.05) is 18.7 Å². The molecule has 1 spiro atoms. The van der Waals surface area contributed by atoms with Crippen LogP contribution < -0.4 is 16.0 Å². The summed E-state index contributed by atoms with van der Waals surface area (Å²) in [5, 5.41) is 0. The molecule has 12 heteroatoms. The van der Waals surface area contributed by atoms with Gasteiger partial charge < -0.3 is 14.2 Å². The van der Waals surface area contributed by atoms with Gasteiger partial charge in [0.25, 0.3) is 5.56 Å². The summed E-state index contributed by atoms with van der Waals surface area (Å²) in [6, 6.07) is 8.41. The maximum Gasteiger partial charge on any atom is 0.475 e. The van der Waals surface area contributed by atoms with Crippen molar-refractivity contribution in [3.63, 3.8) is 0 Å². The molecule has 2 aromatic rings. The third kappa shape index (κ3) is 3.96. The highest BCUT2D eigenvalue weighted by Gasteiger charge is 2.66. The van der Waals surface area contributed by atoms with E-state index in [2.05, 4.69) is 0 Å². The molecule has 5 atom stereocenters. The molecule has 11 nitrogen and oxygen atoms in total. The molecular weight excluding hydrogens is 467 g/mol. The molecule has 3 aliphatic heterocycles. The summed E-state index contributed by atoms with van der Waals surface area (Å²) < 4.78 is 49.3. The van der Waals surface area contributed by atoms with Crippen LogP contribution in [-0.4, -0.2) is 53.4 Å². The van der Waals surface area contributed by atoms with Crippen LogP contribution in [0.3, 0.4) is 0 Å². The van der Waals surface area contributed by atoms with E-state index in [1.165, 1.54) is 16.8 Å². The number of ether oxygens (including phenoxy) is 3. The van der Waals surface area contributed by atoms with E-state index in [0.29, 0.717) is 18.8 Å². The number of nitrogens with zero attached hydrogens (tertiary/aromatic N) is 2. The summed E-state index contributed by atoms with van der Waals surface area (Å²) in [4.78, 5) is 26.0. The van der Waals surface area contributed by atoms with Gasteiger partial charge in [-0.1, -0.05) is 12.1 Å². The molecule has 5 rings (SSSR count). The number of rotatable bonds is 6. The largest absolute Gasteiger partial charge is 0.497 e. The fourth-order valence-electron chi connectivity index (χ4n) is 4.57. The number of hydrogen-bond acceptors (Lipinski definition) is 9. The summed E-state index contributed by atoms with van der Waals surface area (Å²) in [5.74, 6) is 0.675. The lowest BCUT2D eigenvalue weighted by Crippen LogP contribution is -2.59. The molecule has 184 valence electrons. The van der Waals surface area contributed by atoms with Gasteiger partial charge in [0.2, 0.25) is 0 Å². The highest BCUT2D eigenvalue weighted by molar-refractivity contribution is 7.48. The lowest BCUT2D eigenvalue weighted by molar-refractivity contribution is -0.225. The Morgan fingerprint density at radius 3 is 2.56 bits per heavy atom. The Hall–Kier alpha value is -2.27. The molecule has 34 heavy (non-hydrogen) atoms. The molecule has 0 bridgehead atoms. The molecular formula is C22H27N2O9P. The Balaban J connectivity index is 1.47. The number of fused-ring (bicyclic) bond motifs is 2. The van der Waals surface area contributed by atoms with E-state index in [9.17, 15) is 14.2 Å². The third-order valence-electron chi connectivity index (χ3n) is 6.23. The molecule has 3 saturated heterocycles. The van der Waals surface area contributed by atoms with E-state index >= 15 is 0 Å². The van der Waals surface area contributed by atoms with Gasteiger partial charge >= 0.3 is 13.5 Å². The summed E-state index contributed by atoms with van der Waals surface area (Å²) in [7, 11) is -2.25. The molecule has 0 aliphatic carbocycles. The maximum absolute atomic E-state index is 13.4. The first-order valence-corrected chi connectivity index (χ1v) is 12.6. The van der Waals surface area contributed by atoms with Crippen molar-refractivity contribution >= 4 is 7.82 Å². The van der Waals surface area contributed by atoms with Crippen LogP contribution >= 0.6 is 7.82 Å². The maximum atomic E-state index is 13.4. The second-order valence-corrected chi connectivity index (χ2v) is 10.4. The zero-order valence-electron chi connectivity index (χ0n) is 19.1. The number of aromatic nitrogens is 2. The van der Waals surface area contributed by atoms with Crippen molar-refractivity contribution in [3.05, 3.63) is 62.9 Å². The van der Waals surface area contributed by atoms with Gasteiger partial charge in [-0.25, -0.2) is 9.36 Å². The average Bonchev–Trinajstić information content (AvgIpc) is 3.10. The van der Waals surface area contributed by atoms with Crippen LogP contribution in [0.2, 0.25) is 0 Å². The van der Waals surface area contributed by atoms with E-state index in [1.54, 1.807) is 45.2 Å². The quantitative estimate of drug-likeness (QED) is 0.557. The van der Waals surface area contributed by atoms with Crippen LogP contribution in [0.5, 0.6) is 5.75 Å². The summed E-state index contributed by atoms with van der Waals surface area (Å²) in [5.41, 5.74) is -1.27. The molecule has 1 aromatic carbocycles. The normalized spacial score (nSPS) is 32.5. The molecule has 0 N–H and O–H groups in total. The summed E-state index contributed by atoms with van der Waals surface area (Å²) in [6.45, 7) is 3.94. The predicted molar refractivity (Wildman–Crippen MR) is 119 cm³/mol. The fourth-order valence-corrected chi connectivity index (χ4v) is 6.18. The number of phosphoric ester groups is 1. The van der Waals surface area contributed by atoms with Crippen LogP contribution in [0.1, 0.15) is 32.1 Å². The Morgan fingerprint density at radius 1 is 1.21 bits per heavy atom. The second kappa shape index (κ2) is 8.75. The highest BCUT2D eigenvalue weighted by Crippen LogP contribution is 2.61. The van der Waals surface area contributed by atoms with Gasteiger partial charge in [-0.05, 0) is 31.5 Å². The summed E-state index contributed by atoms with van der Waals surface area (Å²) in [6.07, 6.45) is -0.713. The van der Waals surface area contributed by atoms with Crippen molar-refractivity contribution in [2.45, 2.75) is 57.0 Å². The Labute approximate surface area is 195 Å². The first kappa shape index (κ1) is 23.5. The number of phosphoric acid groups is 1. The van der Waals surface area contributed by atoms with E-state index < -0.39 is 43.1 Å². The minimum Gasteiger partial charge on any atom is -0.497 e. The molecule has 3 aliphatic rings. The lowest BCUT2D eigenvalue weighted by atomic mass is 9.86. The van der Waals surface area contributed by atoms with E-state index in [4.69, 9.17) is 27.8 Å². The standard InChI is InChI=1S/C22H27N2O9P/c1-14(2)32-34(27)30-13-17-19(33-34)22(9-11-29-22)20(31-17)23-10-8-18(25)24(21(23)26)12-15-4-6-16(28-3)7-5-15/h4-8,10,14,17,19-20H,9,11-13H2,1-3H3/t17-,19-,20+,22-,34-/m1/s1. The molecule has 1 aromatic heterocycles. The van der Waals surface area contributed by atoms with Crippen molar-refractivity contribution in [2.75, 3.05) is 20.3 Å². The molecule has 0 unspecified atom stereocenters. The van der Waals surface area contributed by atoms with Crippen molar-refractivity contribution in [3.8, 4) is 5.75 Å². The Kier molecular flexibility index (Phi) is 6.04. The zero-order chi connectivity index (χ0) is 24.1. The number of benzene rings is 1. The zero-order valence-corrected chi connectivity index (χ0v) is 20.0. The predicted octanol–water partition coefficient (Wildman–Crippen LogP) is 2.07. The average molecular weight is 494 g/mol. The van der Waals surface area contributed by atoms with E-state index in [0.717, 1.165) is 10.1 Å². The molecule has 3 fully saturated rings. The van der Waals surface area contributed by atoms with Gasteiger partial charge in [-0.15, -0.1) is 0 Å². The molecule has 4 heterocycles.